The molecule has 0 aliphatic rings. The monoisotopic (exact) mass is 477 g/mol. The van der Waals surface area contributed by atoms with Gasteiger partial charge >= 0.3 is 0 Å². The van der Waals surface area contributed by atoms with Crippen LogP contribution < -0.4 is 16.2 Å². The number of carbonyl (C=O) groups is 2. The molecule has 31 heavy (non-hydrogen) atoms. The first kappa shape index (κ1) is 22.8. The quantitative estimate of drug-likeness (QED) is 0.459. The summed E-state index contributed by atoms with van der Waals surface area (Å²) in [6.45, 7) is 3.23. The highest BCUT2D eigenvalue weighted by Crippen LogP contribution is 2.27. The maximum absolute atomic E-state index is 12.6. The molecule has 0 bridgehead atoms. The average Bonchev–Trinajstić information content (AvgIpc) is 2.70. The molecule has 0 spiro atoms. The third-order valence-corrected chi connectivity index (χ3v) is 5.39. The van der Waals surface area contributed by atoms with Crippen LogP contribution in [0.15, 0.2) is 46.3 Å². The third kappa shape index (κ3) is 6.06. The molecule has 0 fully saturated rings. The van der Waals surface area contributed by atoms with Gasteiger partial charge in [0.05, 0.1) is 22.2 Å². The summed E-state index contributed by atoms with van der Waals surface area (Å²) < 4.78 is 0. The Labute approximate surface area is 191 Å². The lowest BCUT2D eigenvalue weighted by molar-refractivity contribution is -0.114. The van der Waals surface area contributed by atoms with Crippen molar-refractivity contribution < 1.29 is 9.59 Å². The molecule has 0 saturated heterocycles. The summed E-state index contributed by atoms with van der Waals surface area (Å²) in [6.07, 6.45) is 0. The van der Waals surface area contributed by atoms with Crippen LogP contribution in [0.25, 0.3) is 11.3 Å². The molecule has 0 aliphatic carbocycles. The molecule has 0 unspecified atom stereocenters. The van der Waals surface area contributed by atoms with Crippen LogP contribution in [0.3, 0.4) is 0 Å². The van der Waals surface area contributed by atoms with Crippen molar-refractivity contribution in [2.24, 2.45) is 0 Å². The van der Waals surface area contributed by atoms with Crippen LogP contribution in [0.5, 0.6) is 0 Å². The van der Waals surface area contributed by atoms with Crippen LogP contribution in [0, 0.1) is 6.92 Å². The molecule has 0 atom stereocenters. The Balaban J connectivity index is 1.74. The Morgan fingerprint density at radius 3 is 2.55 bits per heavy atom. The zero-order valence-corrected chi connectivity index (χ0v) is 18.8. The minimum absolute atomic E-state index is 0.0333. The number of carbonyl (C=O) groups excluding carboxylic acids is 2. The number of hydrogen-bond donors (Lipinski definition) is 3. The van der Waals surface area contributed by atoms with Gasteiger partial charge in [0.2, 0.25) is 11.8 Å². The Bertz CT molecular complexity index is 1220. The van der Waals surface area contributed by atoms with Gasteiger partial charge in [-0.3, -0.25) is 19.4 Å². The molecular weight excluding hydrogens is 461 g/mol. The van der Waals surface area contributed by atoms with E-state index in [2.05, 4.69) is 25.8 Å². The van der Waals surface area contributed by atoms with Crippen molar-refractivity contribution in [2.45, 2.75) is 19.0 Å². The summed E-state index contributed by atoms with van der Waals surface area (Å²) in [7, 11) is 0. The Kier molecular flexibility index (Phi) is 7.32. The average molecular weight is 478 g/mol. The van der Waals surface area contributed by atoms with E-state index >= 15 is 0 Å². The maximum Gasteiger partial charge on any atom is 0.278 e. The fourth-order valence-electron chi connectivity index (χ4n) is 2.63. The van der Waals surface area contributed by atoms with E-state index in [4.69, 9.17) is 23.2 Å². The smallest absolute Gasteiger partial charge is 0.278 e. The molecule has 0 radical (unpaired) electrons. The lowest BCUT2D eigenvalue weighted by Crippen LogP contribution is -2.18. The molecule has 3 rings (SSSR count). The Hall–Kier alpha value is -2.88. The van der Waals surface area contributed by atoms with Crippen molar-refractivity contribution in [3.8, 4) is 11.3 Å². The molecule has 8 nitrogen and oxygen atoms in total. The van der Waals surface area contributed by atoms with Crippen LogP contribution in [0.4, 0.5) is 11.4 Å². The van der Waals surface area contributed by atoms with E-state index in [9.17, 15) is 14.4 Å². The van der Waals surface area contributed by atoms with E-state index in [1.807, 2.05) is 13.0 Å². The van der Waals surface area contributed by atoms with E-state index in [-0.39, 0.29) is 28.4 Å². The van der Waals surface area contributed by atoms with Gasteiger partial charge in [-0.05, 0) is 37.3 Å². The Morgan fingerprint density at radius 2 is 1.84 bits per heavy atom. The molecule has 2 amide bonds. The van der Waals surface area contributed by atoms with E-state index in [1.54, 1.807) is 24.3 Å². The van der Waals surface area contributed by atoms with Gasteiger partial charge < -0.3 is 10.6 Å². The summed E-state index contributed by atoms with van der Waals surface area (Å²) in [4.78, 5) is 38.8. The number of aromatic nitrogens is 3. The fraction of sp³-hybridized carbons (Fsp3) is 0.150. The van der Waals surface area contributed by atoms with Crippen LogP contribution in [0.1, 0.15) is 12.5 Å². The van der Waals surface area contributed by atoms with E-state index < -0.39 is 5.56 Å². The maximum atomic E-state index is 12.6. The molecule has 3 N–H and O–H groups in total. The minimum atomic E-state index is -0.493. The van der Waals surface area contributed by atoms with Crippen LogP contribution in [0.2, 0.25) is 10.0 Å². The molecule has 2 aromatic carbocycles. The predicted molar refractivity (Wildman–Crippen MR) is 123 cm³/mol. The number of aromatic amines is 1. The zero-order valence-electron chi connectivity index (χ0n) is 16.5. The van der Waals surface area contributed by atoms with Gasteiger partial charge in [0.15, 0.2) is 10.9 Å². The fourth-order valence-corrected chi connectivity index (χ4v) is 3.57. The van der Waals surface area contributed by atoms with E-state index in [0.717, 1.165) is 17.3 Å². The highest BCUT2D eigenvalue weighted by molar-refractivity contribution is 7.99. The van der Waals surface area contributed by atoms with Crippen molar-refractivity contribution >= 4 is 58.2 Å². The Morgan fingerprint density at radius 1 is 1.06 bits per heavy atom. The zero-order chi connectivity index (χ0) is 22.5. The van der Waals surface area contributed by atoms with Gasteiger partial charge in [-0.2, -0.15) is 0 Å². The molecule has 0 saturated carbocycles. The number of thioether (sulfide) groups is 1. The number of benzene rings is 2. The van der Waals surface area contributed by atoms with Gasteiger partial charge in [0.1, 0.15) is 0 Å². The first-order valence-electron chi connectivity index (χ1n) is 8.96. The van der Waals surface area contributed by atoms with Gasteiger partial charge in [0.25, 0.3) is 5.56 Å². The molecular formula is C20H17Cl2N5O3S. The number of rotatable bonds is 6. The lowest BCUT2D eigenvalue weighted by atomic mass is 10.1. The summed E-state index contributed by atoms with van der Waals surface area (Å²) in [5.74, 6) is -0.658. The number of anilines is 2. The second kappa shape index (κ2) is 9.95. The minimum Gasteiger partial charge on any atom is -0.326 e. The number of hydrogen-bond acceptors (Lipinski definition) is 6. The highest BCUT2D eigenvalue weighted by atomic mass is 35.5. The number of halogens is 2. The molecule has 0 aliphatic heterocycles. The molecule has 160 valence electrons. The number of amides is 2. The highest BCUT2D eigenvalue weighted by Gasteiger charge is 2.15. The van der Waals surface area contributed by atoms with Crippen molar-refractivity contribution in [2.75, 3.05) is 16.4 Å². The number of aryl methyl sites for hydroxylation is 1. The van der Waals surface area contributed by atoms with E-state index in [1.165, 1.54) is 13.0 Å². The van der Waals surface area contributed by atoms with Crippen LogP contribution in [-0.2, 0) is 9.59 Å². The summed E-state index contributed by atoms with van der Waals surface area (Å²) >= 11 is 12.9. The summed E-state index contributed by atoms with van der Waals surface area (Å²) in [5, 5.41) is 14.3. The van der Waals surface area contributed by atoms with Crippen LogP contribution in [-0.4, -0.2) is 32.7 Å². The second-order valence-electron chi connectivity index (χ2n) is 6.50. The standard InChI is InChI=1S/C20H17Cl2N5O3S/c1-10-3-6-15(23-11(2)28)13(7-10)18-19(30)25-20(27-26-18)31-9-17(29)24-16-8-12(21)4-5-14(16)22/h3-8H,9H2,1-2H3,(H,23,28)(H,24,29)(H,25,27,30). The number of H-pyrrole nitrogens is 1. The topological polar surface area (TPSA) is 117 Å². The summed E-state index contributed by atoms with van der Waals surface area (Å²) in [5.41, 5.74) is 1.75. The van der Waals surface area contributed by atoms with Crippen molar-refractivity contribution in [1.82, 2.24) is 15.2 Å². The van der Waals surface area contributed by atoms with Gasteiger partial charge in [0, 0.05) is 17.5 Å². The first-order valence-corrected chi connectivity index (χ1v) is 10.7. The van der Waals surface area contributed by atoms with Gasteiger partial charge in [-0.25, -0.2) is 0 Å². The second-order valence-corrected chi connectivity index (χ2v) is 8.31. The summed E-state index contributed by atoms with van der Waals surface area (Å²) in [6, 6.07) is 9.97. The predicted octanol–water partition coefficient (Wildman–Crippen LogP) is 4.14. The van der Waals surface area contributed by atoms with Crippen molar-refractivity contribution in [3.05, 3.63) is 62.4 Å². The van der Waals surface area contributed by atoms with Gasteiger partial charge in [-0.15, -0.1) is 10.2 Å². The lowest BCUT2D eigenvalue weighted by Gasteiger charge is -2.10. The molecule has 1 heterocycles. The first-order chi connectivity index (χ1) is 14.7. The molecule has 1 aromatic heterocycles. The van der Waals surface area contributed by atoms with Crippen LogP contribution >= 0.6 is 35.0 Å². The third-order valence-electron chi connectivity index (χ3n) is 3.96. The number of nitrogens with one attached hydrogen (secondary N) is 3. The molecule has 11 heteroatoms. The van der Waals surface area contributed by atoms with Gasteiger partial charge in [-0.1, -0.05) is 46.6 Å². The normalized spacial score (nSPS) is 10.6. The van der Waals surface area contributed by atoms with Crippen molar-refractivity contribution in [3.63, 3.8) is 0 Å². The van der Waals surface area contributed by atoms with Crippen molar-refractivity contribution in [1.29, 1.82) is 0 Å². The number of nitrogens with zero attached hydrogens (tertiary/aromatic N) is 2. The SMILES string of the molecule is CC(=O)Nc1ccc(C)cc1-c1nnc(SCC(=O)Nc2cc(Cl)ccc2Cl)[nH]c1=O. The largest absolute Gasteiger partial charge is 0.326 e. The molecule has 3 aromatic rings. The van der Waals surface area contributed by atoms with E-state index in [0.29, 0.717) is 27.0 Å².